The summed E-state index contributed by atoms with van der Waals surface area (Å²) in [6, 6.07) is 13.8. The molecular formula is C18H17N3O4. The molecule has 128 valence electrons. The molecule has 25 heavy (non-hydrogen) atoms. The van der Waals surface area contributed by atoms with Gasteiger partial charge in [-0.15, -0.1) is 0 Å². The van der Waals surface area contributed by atoms with E-state index in [0.717, 1.165) is 0 Å². The van der Waals surface area contributed by atoms with E-state index in [1.165, 1.54) is 10.7 Å². The van der Waals surface area contributed by atoms with Crippen molar-refractivity contribution in [2.24, 2.45) is 0 Å². The van der Waals surface area contributed by atoms with Gasteiger partial charge in [-0.25, -0.2) is 4.79 Å². The van der Waals surface area contributed by atoms with Crippen LogP contribution < -0.4 is 10.9 Å². The summed E-state index contributed by atoms with van der Waals surface area (Å²) >= 11 is 0. The molecule has 0 unspecified atom stereocenters. The Morgan fingerprint density at radius 1 is 1.24 bits per heavy atom. The van der Waals surface area contributed by atoms with Crippen molar-refractivity contribution in [2.75, 3.05) is 11.9 Å². The lowest BCUT2D eigenvalue weighted by Crippen LogP contribution is -2.25. The fraction of sp³-hybridized carbons (Fsp3) is 0.167. The van der Waals surface area contributed by atoms with Crippen molar-refractivity contribution in [3.05, 3.63) is 76.6 Å². The van der Waals surface area contributed by atoms with Crippen LogP contribution in [0.5, 0.6) is 0 Å². The highest BCUT2D eigenvalue weighted by Crippen LogP contribution is 2.15. The number of ether oxygens (including phenoxy) is 1. The number of carbonyl (C=O) groups is 1. The average molecular weight is 339 g/mol. The van der Waals surface area contributed by atoms with E-state index < -0.39 is 5.97 Å². The first kappa shape index (κ1) is 16.5. The van der Waals surface area contributed by atoms with Crippen molar-refractivity contribution < 1.29 is 13.9 Å². The zero-order valence-corrected chi connectivity index (χ0v) is 13.6. The molecule has 3 aromatic rings. The Labute approximate surface area is 143 Å². The number of para-hydroxylation sites is 1. The number of furan rings is 1. The van der Waals surface area contributed by atoms with Gasteiger partial charge in [-0.2, -0.15) is 9.78 Å². The predicted octanol–water partition coefficient (Wildman–Crippen LogP) is 2.61. The van der Waals surface area contributed by atoms with Crippen LogP contribution in [0.3, 0.4) is 0 Å². The van der Waals surface area contributed by atoms with Gasteiger partial charge in [0.2, 0.25) is 0 Å². The van der Waals surface area contributed by atoms with E-state index in [1.807, 2.05) is 6.07 Å². The first-order valence-electron chi connectivity index (χ1n) is 7.82. The van der Waals surface area contributed by atoms with Crippen molar-refractivity contribution >= 4 is 11.7 Å². The molecule has 7 heteroatoms. The summed E-state index contributed by atoms with van der Waals surface area (Å²) in [6.07, 6.45) is 1.55. The molecule has 0 saturated carbocycles. The minimum atomic E-state index is -0.603. The molecule has 0 spiro atoms. The number of nitrogens with one attached hydrogen (secondary N) is 1. The van der Waals surface area contributed by atoms with Crippen molar-refractivity contribution in [3.8, 4) is 5.69 Å². The van der Waals surface area contributed by atoms with Gasteiger partial charge >= 0.3 is 5.97 Å². The van der Waals surface area contributed by atoms with Crippen molar-refractivity contribution in [3.63, 3.8) is 0 Å². The van der Waals surface area contributed by atoms with Crippen LogP contribution in [0.2, 0.25) is 0 Å². The number of hydrogen-bond acceptors (Lipinski definition) is 6. The Hall–Kier alpha value is -3.35. The van der Waals surface area contributed by atoms with Gasteiger partial charge in [-0.05, 0) is 31.2 Å². The van der Waals surface area contributed by atoms with Gasteiger partial charge in [-0.1, -0.05) is 18.2 Å². The maximum absolute atomic E-state index is 12.4. The predicted molar refractivity (Wildman–Crippen MR) is 91.8 cm³/mol. The molecule has 2 aromatic heterocycles. The summed E-state index contributed by atoms with van der Waals surface area (Å²) in [5, 5.41) is 7.20. The number of aromatic nitrogens is 2. The third kappa shape index (κ3) is 3.77. The van der Waals surface area contributed by atoms with E-state index in [-0.39, 0.29) is 17.9 Å². The molecule has 0 bridgehead atoms. The smallest absolute Gasteiger partial charge is 0.360 e. The Morgan fingerprint density at radius 2 is 2.04 bits per heavy atom. The highest BCUT2D eigenvalue weighted by Gasteiger charge is 2.18. The van der Waals surface area contributed by atoms with E-state index >= 15 is 0 Å². The quantitative estimate of drug-likeness (QED) is 0.695. The normalized spacial score (nSPS) is 10.4. The van der Waals surface area contributed by atoms with Gasteiger partial charge in [0.05, 0.1) is 30.8 Å². The summed E-state index contributed by atoms with van der Waals surface area (Å²) in [6.45, 7) is 2.24. The number of esters is 1. The second-order valence-electron chi connectivity index (χ2n) is 5.15. The fourth-order valence-corrected chi connectivity index (χ4v) is 2.29. The van der Waals surface area contributed by atoms with Gasteiger partial charge in [0.25, 0.3) is 5.56 Å². The van der Waals surface area contributed by atoms with Gasteiger partial charge in [0.1, 0.15) is 5.76 Å². The number of hydrogen-bond donors (Lipinski definition) is 1. The minimum Gasteiger partial charge on any atom is -0.467 e. The highest BCUT2D eigenvalue weighted by molar-refractivity contribution is 5.93. The third-order valence-corrected chi connectivity index (χ3v) is 3.43. The van der Waals surface area contributed by atoms with Gasteiger partial charge in [0, 0.05) is 6.07 Å². The Balaban J connectivity index is 2.00. The molecule has 0 radical (unpaired) electrons. The maximum Gasteiger partial charge on any atom is 0.360 e. The summed E-state index contributed by atoms with van der Waals surface area (Å²) in [4.78, 5) is 24.7. The summed E-state index contributed by atoms with van der Waals surface area (Å²) in [5.74, 6) is 0.0659. The van der Waals surface area contributed by atoms with Crippen molar-refractivity contribution in [1.82, 2.24) is 9.78 Å². The molecule has 0 aliphatic rings. The Kier molecular flexibility index (Phi) is 4.94. The van der Waals surface area contributed by atoms with Crippen LogP contribution in [0.4, 0.5) is 5.69 Å². The zero-order valence-electron chi connectivity index (χ0n) is 13.6. The second kappa shape index (κ2) is 7.48. The van der Waals surface area contributed by atoms with Crippen LogP contribution >= 0.6 is 0 Å². The molecule has 0 atom stereocenters. The van der Waals surface area contributed by atoms with E-state index in [2.05, 4.69) is 10.4 Å². The summed E-state index contributed by atoms with van der Waals surface area (Å²) in [5.41, 5.74) is 0.542. The Bertz CT molecular complexity index is 902. The summed E-state index contributed by atoms with van der Waals surface area (Å²) in [7, 11) is 0. The number of carbonyl (C=O) groups excluding carboxylic acids is 1. The molecular weight excluding hydrogens is 322 g/mol. The lowest BCUT2D eigenvalue weighted by molar-refractivity contribution is 0.0518. The number of benzene rings is 1. The summed E-state index contributed by atoms with van der Waals surface area (Å²) < 4.78 is 11.5. The van der Waals surface area contributed by atoms with E-state index in [1.54, 1.807) is 49.6 Å². The Morgan fingerprint density at radius 3 is 2.72 bits per heavy atom. The molecule has 0 saturated heterocycles. The van der Waals surface area contributed by atoms with Crippen LogP contribution in [-0.4, -0.2) is 22.4 Å². The molecule has 7 nitrogen and oxygen atoms in total. The molecule has 0 aliphatic carbocycles. The SMILES string of the molecule is CCOC(=O)c1nn(-c2ccccc2)c(=O)cc1NCc1ccco1. The first-order chi connectivity index (χ1) is 12.2. The number of rotatable bonds is 6. The van der Waals surface area contributed by atoms with E-state index in [0.29, 0.717) is 23.7 Å². The van der Waals surface area contributed by atoms with Crippen molar-refractivity contribution in [2.45, 2.75) is 13.5 Å². The fourth-order valence-electron chi connectivity index (χ4n) is 2.29. The molecule has 3 rings (SSSR count). The van der Waals surface area contributed by atoms with Gasteiger partial charge in [-0.3, -0.25) is 4.79 Å². The van der Waals surface area contributed by atoms with Crippen LogP contribution in [0.25, 0.3) is 5.69 Å². The molecule has 0 amide bonds. The van der Waals surface area contributed by atoms with Crippen LogP contribution in [0, 0.1) is 0 Å². The molecule has 1 aromatic carbocycles. The third-order valence-electron chi connectivity index (χ3n) is 3.43. The van der Waals surface area contributed by atoms with Crippen molar-refractivity contribution in [1.29, 1.82) is 0 Å². The second-order valence-corrected chi connectivity index (χ2v) is 5.15. The average Bonchev–Trinajstić information content (AvgIpc) is 3.14. The maximum atomic E-state index is 12.4. The first-order valence-corrected chi connectivity index (χ1v) is 7.82. The van der Waals surface area contributed by atoms with Crippen LogP contribution in [0.15, 0.2) is 64.0 Å². The standard InChI is InChI=1S/C18H17N3O4/c1-2-24-18(23)17-15(19-12-14-9-6-10-25-14)11-16(22)21(20-17)13-7-4-3-5-8-13/h3-11,19H,2,12H2,1H3. The van der Waals surface area contributed by atoms with Gasteiger partial charge in [0.15, 0.2) is 5.69 Å². The lowest BCUT2D eigenvalue weighted by atomic mass is 10.3. The highest BCUT2D eigenvalue weighted by atomic mass is 16.5. The molecule has 0 aliphatic heterocycles. The largest absolute Gasteiger partial charge is 0.467 e. The van der Waals surface area contributed by atoms with Crippen LogP contribution in [-0.2, 0) is 11.3 Å². The molecule has 1 N–H and O–H groups in total. The molecule has 0 fully saturated rings. The lowest BCUT2D eigenvalue weighted by Gasteiger charge is -2.12. The molecule has 2 heterocycles. The number of anilines is 1. The minimum absolute atomic E-state index is 0.0388. The number of nitrogens with zero attached hydrogens (tertiary/aromatic N) is 2. The van der Waals surface area contributed by atoms with Crippen LogP contribution in [0.1, 0.15) is 23.2 Å². The monoisotopic (exact) mass is 339 g/mol. The van der Waals surface area contributed by atoms with E-state index in [9.17, 15) is 9.59 Å². The van der Waals surface area contributed by atoms with Gasteiger partial charge < -0.3 is 14.5 Å². The van der Waals surface area contributed by atoms with E-state index in [4.69, 9.17) is 9.15 Å². The zero-order chi connectivity index (χ0) is 17.6. The topological polar surface area (TPSA) is 86.4 Å².